The molecule has 0 unspecified atom stereocenters. The second-order valence-electron chi connectivity index (χ2n) is 9.83. The first-order valence-corrected chi connectivity index (χ1v) is 14.3. The summed E-state index contributed by atoms with van der Waals surface area (Å²) < 4.78 is 32.0. The zero-order chi connectivity index (χ0) is 30.6. The lowest BCUT2D eigenvalue weighted by Crippen LogP contribution is -2.29. The van der Waals surface area contributed by atoms with Crippen molar-refractivity contribution in [3.05, 3.63) is 90.9 Å². The molecule has 0 aliphatic heterocycles. The van der Waals surface area contributed by atoms with Gasteiger partial charge in [0.05, 0.1) is 31.3 Å². The lowest BCUT2D eigenvalue weighted by Gasteiger charge is -2.21. The Morgan fingerprint density at radius 3 is 2.52 bits per heavy atom. The van der Waals surface area contributed by atoms with Crippen molar-refractivity contribution < 1.29 is 33.3 Å². The Hall–Kier alpha value is -4.32. The van der Waals surface area contributed by atoms with Crippen LogP contribution >= 0.6 is 11.8 Å². The van der Waals surface area contributed by atoms with Gasteiger partial charge >= 0.3 is 0 Å². The number of carbonyl (C=O) groups is 1. The fourth-order valence-electron chi connectivity index (χ4n) is 5.04. The van der Waals surface area contributed by atoms with Crippen molar-refractivity contribution in [3.8, 4) is 28.4 Å². The molecule has 3 aromatic carbocycles. The summed E-state index contributed by atoms with van der Waals surface area (Å²) in [7, 11) is 3.05. The van der Waals surface area contributed by atoms with E-state index in [-0.39, 0.29) is 22.7 Å². The number of nitrogens with zero attached hydrogens (tertiary/aromatic N) is 1. The maximum Gasteiger partial charge on any atom is 0.294 e. The second-order valence-corrected chi connectivity index (χ2v) is 10.7. The van der Waals surface area contributed by atoms with Gasteiger partial charge in [0.15, 0.2) is 16.9 Å². The van der Waals surface area contributed by atoms with Gasteiger partial charge in [-0.05, 0) is 91.6 Å². The van der Waals surface area contributed by atoms with Crippen LogP contribution in [0.1, 0.15) is 53.4 Å². The highest BCUT2D eigenvalue weighted by Crippen LogP contribution is 2.50. The maximum absolute atomic E-state index is 14.4. The van der Waals surface area contributed by atoms with Gasteiger partial charge in [0.2, 0.25) is 5.75 Å². The summed E-state index contributed by atoms with van der Waals surface area (Å²) in [5, 5.41) is 12.6. The van der Waals surface area contributed by atoms with E-state index in [0.717, 1.165) is 17.7 Å². The van der Waals surface area contributed by atoms with E-state index in [9.17, 15) is 24.1 Å². The van der Waals surface area contributed by atoms with Crippen LogP contribution in [0.4, 0.5) is 4.39 Å². The molecule has 12 heteroatoms. The first-order valence-electron chi connectivity index (χ1n) is 13.1. The van der Waals surface area contributed by atoms with Crippen LogP contribution in [0.15, 0.2) is 52.2 Å². The average molecular weight is 599 g/mol. The lowest BCUT2D eigenvalue weighted by molar-refractivity contribution is -0.763. The smallest absolute Gasteiger partial charge is 0.294 e. The Kier molecular flexibility index (Phi) is 9.56. The van der Waals surface area contributed by atoms with E-state index in [4.69, 9.17) is 14.2 Å². The highest BCUT2D eigenvalue weighted by molar-refractivity contribution is 7.98. The van der Waals surface area contributed by atoms with E-state index >= 15 is 0 Å². The van der Waals surface area contributed by atoms with Crippen molar-refractivity contribution in [1.29, 1.82) is 0 Å². The van der Waals surface area contributed by atoms with Crippen LogP contribution in [-0.2, 0) is 17.9 Å². The first kappa shape index (κ1) is 30.6. The minimum atomic E-state index is -0.991. The molecule has 0 aromatic heterocycles. The second kappa shape index (κ2) is 13.1. The number of hydrogen-bond acceptors (Lipinski definition) is 9. The van der Waals surface area contributed by atoms with E-state index in [1.54, 1.807) is 12.3 Å². The van der Waals surface area contributed by atoms with Gasteiger partial charge in [-0.1, -0.05) is 6.07 Å². The minimum Gasteiger partial charge on any atom is -0.492 e. The largest absolute Gasteiger partial charge is 0.492 e. The Morgan fingerprint density at radius 2 is 1.88 bits per heavy atom. The number of hydrogen-bond donors (Lipinski definition) is 1. The summed E-state index contributed by atoms with van der Waals surface area (Å²) in [6.07, 6.45) is 2.54. The van der Waals surface area contributed by atoms with Crippen molar-refractivity contribution in [2.75, 3.05) is 20.5 Å². The number of fused-ring (bicyclic) bond motifs is 3. The Labute approximate surface area is 246 Å². The number of amides is 1. The summed E-state index contributed by atoms with van der Waals surface area (Å²) >= 11 is 1.31. The van der Waals surface area contributed by atoms with Gasteiger partial charge < -0.3 is 24.4 Å². The number of aryl methyl sites for hydroxylation is 1. The molecule has 1 N–H and O–H groups in total. The molecule has 1 amide bonds. The number of halogens is 1. The van der Waals surface area contributed by atoms with Gasteiger partial charge in [-0.2, -0.15) is 0 Å². The molecule has 222 valence electrons. The van der Waals surface area contributed by atoms with Crippen LogP contribution in [0.2, 0.25) is 0 Å². The molecule has 42 heavy (non-hydrogen) atoms. The van der Waals surface area contributed by atoms with Crippen molar-refractivity contribution in [2.45, 2.75) is 50.3 Å². The summed E-state index contributed by atoms with van der Waals surface area (Å²) in [6, 6.07) is 9.73. The van der Waals surface area contributed by atoms with Crippen LogP contribution in [0.3, 0.4) is 0 Å². The summed E-state index contributed by atoms with van der Waals surface area (Å²) in [4.78, 5) is 42.1. The number of thioether (sulfide) groups is 1. The maximum atomic E-state index is 14.4. The highest BCUT2D eigenvalue weighted by atomic mass is 32.2. The van der Waals surface area contributed by atoms with Crippen LogP contribution in [0, 0.1) is 15.9 Å². The van der Waals surface area contributed by atoms with Crippen LogP contribution < -0.4 is 25.0 Å². The quantitative estimate of drug-likeness (QED) is 0.183. The van der Waals surface area contributed by atoms with Gasteiger partial charge in [0, 0.05) is 11.1 Å². The third-order valence-electron chi connectivity index (χ3n) is 6.72. The van der Waals surface area contributed by atoms with Gasteiger partial charge in [-0.3, -0.25) is 9.59 Å². The highest BCUT2D eigenvalue weighted by Gasteiger charge is 2.30. The Balaban J connectivity index is 1.85. The fourth-order valence-corrected chi connectivity index (χ4v) is 5.50. The molecule has 0 bridgehead atoms. The molecule has 0 spiro atoms. The lowest BCUT2D eigenvalue weighted by atomic mass is 9.95. The molecule has 0 saturated carbocycles. The van der Waals surface area contributed by atoms with E-state index in [0.29, 0.717) is 51.7 Å². The zero-order valence-electron chi connectivity index (χ0n) is 23.8. The number of ether oxygens (including phenoxy) is 3. The fraction of sp³-hybridized carbons (Fsp3) is 0.333. The van der Waals surface area contributed by atoms with Gasteiger partial charge in [-0.15, -0.1) is 21.9 Å². The Morgan fingerprint density at radius 1 is 1.14 bits per heavy atom. The van der Waals surface area contributed by atoms with Crippen LogP contribution in [0.25, 0.3) is 11.1 Å². The van der Waals surface area contributed by atoms with Gasteiger partial charge in [0.25, 0.3) is 11.0 Å². The molecular formula is C30H31FN2O8S. The predicted octanol–water partition coefficient (Wildman–Crippen LogP) is 5.50. The monoisotopic (exact) mass is 598 g/mol. The van der Waals surface area contributed by atoms with Crippen molar-refractivity contribution in [2.24, 2.45) is 0 Å². The Bertz CT molecular complexity index is 1580. The van der Waals surface area contributed by atoms with E-state index in [1.165, 1.54) is 38.1 Å². The summed E-state index contributed by atoms with van der Waals surface area (Å²) in [5.41, 5.74) is 2.66. The van der Waals surface area contributed by atoms with Crippen molar-refractivity contribution >= 4 is 17.7 Å². The molecule has 0 heterocycles. The molecule has 1 aliphatic carbocycles. The molecule has 0 radical (unpaired) electrons. The van der Waals surface area contributed by atoms with Gasteiger partial charge in [-0.25, -0.2) is 4.39 Å². The molecule has 1 aliphatic rings. The van der Waals surface area contributed by atoms with E-state index < -0.39 is 29.5 Å². The van der Waals surface area contributed by atoms with E-state index in [1.807, 2.05) is 26.0 Å². The molecule has 1 atom stereocenters. The van der Waals surface area contributed by atoms with Crippen LogP contribution in [0.5, 0.6) is 17.2 Å². The third-order valence-corrected chi connectivity index (χ3v) is 7.50. The number of nitrogens with one attached hydrogen (secondary N) is 1. The SMILES string of the molecule is COc1c(OC(C)C)cc2c(c1OC)-c1ccc(SC)c(=O)cc1[C@@H](NC(=O)c1cc(F)cc(CO[N+](=O)[O-])c1)CC2. The van der Waals surface area contributed by atoms with E-state index in [2.05, 4.69) is 10.2 Å². The predicted molar refractivity (Wildman–Crippen MR) is 156 cm³/mol. The van der Waals surface area contributed by atoms with Gasteiger partial charge in [0.1, 0.15) is 12.4 Å². The van der Waals surface area contributed by atoms with Crippen LogP contribution in [-0.4, -0.2) is 37.6 Å². The minimum absolute atomic E-state index is 0.0421. The number of carbonyl (C=O) groups excluding carboxylic acids is 1. The molecular weight excluding hydrogens is 567 g/mol. The molecule has 10 nitrogen and oxygen atoms in total. The molecule has 0 saturated heterocycles. The average Bonchev–Trinajstić information content (AvgIpc) is 3.18. The number of methoxy groups -OCH3 is 2. The number of rotatable bonds is 10. The van der Waals surface area contributed by atoms with Crippen molar-refractivity contribution in [1.82, 2.24) is 5.32 Å². The zero-order valence-corrected chi connectivity index (χ0v) is 24.6. The molecule has 3 aromatic rings. The molecule has 0 fully saturated rings. The topological polar surface area (TPSA) is 126 Å². The number of benzene rings is 2. The summed E-state index contributed by atoms with van der Waals surface area (Å²) in [6.45, 7) is 3.29. The summed E-state index contributed by atoms with van der Waals surface area (Å²) in [5.74, 6) is -0.0156. The normalized spacial score (nSPS) is 13.8. The van der Waals surface area contributed by atoms with Crippen molar-refractivity contribution in [3.63, 3.8) is 0 Å². The first-order chi connectivity index (χ1) is 20.1. The third kappa shape index (κ3) is 6.59. The standard InChI is InChI=1S/C30H31FN2O8S/c1-16(2)41-25-13-18-6-8-23(32-30(35)19-10-17(11-20(31)12-19)15-40-33(36)37)22-14-24(34)26(42-5)9-7-21(22)27(18)29(39-4)28(25)38-3/h7,9-14,16,23H,6,8,15H2,1-5H3,(H,32,35)/t23-/m0/s1. The molecule has 4 rings (SSSR count).